The molecule has 0 fully saturated rings. The lowest BCUT2D eigenvalue weighted by molar-refractivity contribution is 0.773. The highest BCUT2D eigenvalue weighted by Crippen LogP contribution is 2.27. The van der Waals surface area contributed by atoms with Crippen LogP contribution in [0.1, 0.15) is 43.6 Å². The first-order chi connectivity index (χ1) is 9.02. The molecule has 3 heteroatoms. The molecule has 0 atom stereocenters. The Hall–Kier alpha value is -1.41. The number of halogens is 1. The summed E-state index contributed by atoms with van der Waals surface area (Å²) in [5.41, 5.74) is 4.30. The van der Waals surface area contributed by atoms with E-state index in [9.17, 15) is 0 Å². The van der Waals surface area contributed by atoms with Gasteiger partial charge in [-0.05, 0) is 18.9 Å². The van der Waals surface area contributed by atoms with Crippen LogP contribution in [0.5, 0.6) is 0 Å². The Morgan fingerprint density at radius 3 is 2.26 bits per heavy atom. The van der Waals surface area contributed by atoms with Crippen molar-refractivity contribution in [2.45, 2.75) is 40.0 Å². The Morgan fingerprint density at radius 2 is 1.74 bits per heavy atom. The zero-order chi connectivity index (χ0) is 14.0. The van der Waals surface area contributed by atoms with Crippen LogP contribution >= 0.6 is 11.6 Å². The van der Waals surface area contributed by atoms with Crippen molar-refractivity contribution in [3.8, 4) is 11.3 Å². The first-order valence-corrected chi connectivity index (χ1v) is 7.04. The van der Waals surface area contributed by atoms with E-state index >= 15 is 0 Å². The van der Waals surface area contributed by atoms with Gasteiger partial charge in [0.1, 0.15) is 11.0 Å². The molecule has 1 aromatic carbocycles. The first kappa shape index (κ1) is 14.0. The zero-order valence-electron chi connectivity index (χ0n) is 11.9. The van der Waals surface area contributed by atoms with Gasteiger partial charge >= 0.3 is 0 Å². The number of rotatable bonds is 3. The Labute approximate surface area is 119 Å². The third kappa shape index (κ3) is 2.95. The van der Waals surface area contributed by atoms with E-state index in [0.717, 1.165) is 29.1 Å². The maximum absolute atomic E-state index is 6.22. The summed E-state index contributed by atoms with van der Waals surface area (Å²) in [5.74, 6) is 1.07. The van der Waals surface area contributed by atoms with E-state index in [1.54, 1.807) is 0 Å². The molecule has 2 rings (SSSR count). The number of hydrogen-bond acceptors (Lipinski definition) is 2. The quantitative estimate of drug-likeness (QED) is 0.752. The Balaban J connectivity index is 2.53. The van der Waals surface area contributed by atoms with E-state index in [1.165, 1.54) is 5.56 Å². The Kier molecular flexibility index (Phi) is 4.20. The molecule has 0 amide bonds. The summed E-state index contributed by atoms with van der Waals surface area (Å²) in [4.78, 5) is 9.01. The summed E-state index contributed by atoms with van der Waals surface area (Å²) >= 11 is 6.22. The van der Waals surface area contributed by atoms with Crippen molar-refractivity contribution < 1.29 is 0 Å². The van der Waals surface area contributed by atoms with E-state index < -0.39 is 0 Å². The molecule has 1 aromatic heterocycles. The van der Waals surface area contributed by atoms with Crippen molar-refractivity contribution in [3.63, 3.8) is 0 Å². The summed E-state index contributed by atoms with van der Waals surface area (Å²) in [6, 6.07) is 8.49. The second-order valence-electron chi connectivity index (χ2n) is 5.05. The first-order valence-electron chi connectivity index (χ1n) is 6.66. The molecule has 0 aliphatic carbocycles. The highest BCUT2D eigenvalue weighted by atomic mass is 35.5. The summed E-state index contributed by atoms with van der Waals surface area (Å²) in [7, 11) is 0. The van der Waals surface area contributed by atoms with Crippen LogP contribution in [0.25, 0.3) is 11.3 Å². The van der Waals surface area contributed by atoms with Gasteiger partial charge in [0.15, 0.2) is 0 Å². The number of benzene rings is 1. The molecule has 0 aliphatic heterocycles. The fourth-order valence-corrected chi connectivity index (χ4v) is 2.12. The minimum Gasteiger partial charge on any atom is -0.232 e. The van der Waals surface area contributed by atoms with Crippen molar-refractivity contribution in [2.75, 3.05) is 0 Å². The van der Waals surface area contributed by atoms with E-state index in [0.29, 0.717) is 5.15 Å². The van der Waals surface area contributed by atoms with Gasteiger partial charge in [-0.3, -0.25) is 0 Å². The molecule has 0 unspecified atom stereocenters. The number of aromatic nitrogens is 2. The molecule has 0 N–H and O–H groups in total. The molecule has 0 aliphatic rings. The van der Waals surface area contributed by atoms with Gasteiger partial charge in [-0.25, -0.2) is 9.97 Å². The largest absolute Gasteiger partial charge is 0.232 e. The minimum atomic E-state index is 0.270. The van der Waals surface area contributed by atoms with Crippen molar-refractivity contribution in [2.24, 2.45) is 0 Å². The van der Waals surface area contributed by atoms with Gasteiger partial charge in [-0.15, -0.1) is 0 Å². The molecule has 19 heavy (non-hydrogen) atoms. The van der Waals surface area contributed by atoms with Gasteiger partial charge < -0.3 is 0 Å². The molecule has 0 bridgehead atoms. The van der Waals surface area contributed by atoms with E-state index in [1.807, 2.05) is 6.92 Å². The topological polar surface area (TPSA) is 25.8 Å². The smallest absolute Gasteiger partial charge is 0.136 e. The van der Waals surface area contributed by atoms with Crippen LogP contribution in [-0.2, 0) is 6.42 Å². The van der Waals surface area contributed by atoms with E-state index in [-0.39, 0.29) is 5.92 Å². The van der Waals surface area contributed by atoms with Gasteiger partial charge in [-0.2, -0.15) is 0 Å². The highest BCUT2D eigenvalue weighted by Gasteiger charge is 2.13. The van der Waals surface area contributed by atoms with Crippen LogP contribution in [0.15, 0.2) is 24.3 Å². The second kappa shape index (κ2) is 5.70. The lowest BCUT2D eigenvalue weighted by Gasteiger charge is -2.11. The average molecular weight is 275 g/mol. The molecule has 0 spiro atoms. The standard InChI is InChI=1S/C16H19ClN2/c1-5-12-6-8-13(9-7-12)14-11(4)15(17)19-16(18-14)10(2)3/h6-10H,5H2,1-4H3. The molecule has 2 nitrogen and oxygen atoms in total. The molecular weight excluding hydrogens is 256 g/mol. The van der Waals surface area contributed by atoms with Crippen molar-refractivity contribution in [1.82, 2.24) is 9.97 Å². The minimum absolute atomic E-state index is 0.270. The maximum Gasteiger partial charge on any atom is 0.136 e. The predicted molar refractivity (Wildman–Crippen MR) is 80.7 cm³/mol. The predicted octanol–water partition coefficient (Wildman–Crippen LogP) is 4.79. The molecule has 0 saturated heterocycles. The van der Waals surface area contributed by atoms with Crippen molar-refractivity contribution >= 4 is 11.6 Å². The Morgan fingerprint density at radius 1 is 1.11 bits per heavy atom. The monoisotopic (exact) mass is 274 g/mol. The fourth-order valence-electron chi connectivity index (χ4n) is 1.94. The van der Waals surface area contributed by atoms with Crippen molar-refractivity contribution in [3.05, 3.63) is 46.4 Å². The average Bonchev–Trinajstić information content (AvgIpc) is 2.41. The van der Waals surface area contributed by atoms with Gasteiger partial charge in [0.2, 0.25) is 0 Å². The van der Waals surface area contributed by atoms with Gasteiger partial charge in [0.05, 0.1) is 5.69 Å². The molecule has 100 valence electrons. The summed E-state index contributed by atoms with van der Waals surface area (Å²) in [6.07, 6.45) is 1.04. The molecule has 0 radical (unpaired) electrons. The summed E-state index contributed by atoms with van der Waals surface area (Å²) in [6.45, 7) is 8.27. The fraction of sp³-hybridized carbons (Fsp3) is 0.375. The van der Waals surface area contributed by atoms with Crippen LogP contribution < -0.4 is 0 Å². The van der Waals surface area contributed by atoms with E-state index in [4.69, 9.17) is 11.6 Å². The van der Waals surface area contributed by atoms with E-state index in [2.05, 4.69) is 55.0 Å². The zero-order valence-corrected chi connectivity index (χ0v) is 12.6. The maximum atomic E-state index is 6.22. The number of nitrogens with zero attached hydrogens (tertiary/aromatic N) is 2. The van der Waals surface area contributed by atoms with Crippen LogP contribution in [0, 0.1) is 6.92 Å². The van der Waals surface area contributed by atoms with Gasteiger partial charge in [0.25, 0.3) is 0 Å². The van der Waals surface area contributed by atoms with Crippen LogP contribution in [0.3, 0.4) is 0 Å². The summed E-state index contributed by atoms with van der Waals surface area (Å²) < 4.78 is 0. The highest BCUT2D eigenvalue weighted by molar-refractivity contribution is 6.30. The SMILES string of the molecule is CCc1ccc(-c2nc(C(C)C)nc(Cl)c2C)cc1. The third-order valence-corrected chi connectivity index (χ3v) is 3.62. The normalized spacial score (nSPS) is 11.1. The molecule has 2 aromatic rings. The van der Waals surface area contributed by atoms with Crippen molar-refractivity contribution in [1.29, 1.82) is 0 Å². The molecule has 0 saturated carbocycles. The Bertz CT molecular complexity index is 574. The lowest BCUT2D eigenvalue weighted by Crippen LogP contribution is -2.02. The molecular formula is C16H19ClN2. The number of hydrogen-bond donors (Lipinski definition) is 0. The van der Waals surface area contributed by atoms with Crippen LogP contribution in [0.2, 0.25) is 5.15 Å². The van der Waals surface area contributed by atoms with Crippen LogP contribution in [0.4, 0.5) is 0 Å². The van der Waals surface area contributed by atoms with Gasteiger partial charge in [-0.1, -0.05) is 56.6 Å². The number of aryl methyl sites for hydroxylation is 1. The summed E-state index contributed by atoms with van der Waals surface area (Å²) in [5, 5.41) is 0.549. The van der Waals surface area contributed by atoms with Gasteiger partial charge in [0, 0.05) is 17.0 Å². The van der Waals surface area contributed by atoms with Crippen LogP contribution in [-0.4, -0.2) is 9.97 Å². The lowest BCUT2D eigenvalue weighted by atomic mass is 10.0. The molecule has 1 heterocycles. The third-order valence-electron chi connectivity index (χ3n) is 3.26. The second-order valence-corrected chi connectivity index (χ2v) is 5.41.